The van der Waals surface area contributed by atoms with Gasteiger partial charge in [0, 0.05) is 38.0 Å². The number of halogens is 1. The fourth-order valence-electron chi connectivity index (χ4n) is 6.71. The zero-order valence-electron chi connectivity index (χ0n) is 22.8. The summed E-state index contributed by atoms with van der Waals surface area (Å²) in [7, 11) is 0. The van der Waals surface area contributed by atoms with E-state index < -0.39 is 22.6 Å². The molecule has 1 N–H and O–H groups in total. The molecule has 5 atom stereocenters. The highest BCUT2D eigenvalue weighted by Gasteiger charge is 2.74. The lowest BCUT2D eigenvalue weighted by molar-refractivity contribution is -0.143. The van der Waals surface area contributed by atoms with Gasteiger partial charge in [-0.2, -0.15) is 0 Å². The number of unbranched alkanes of at least 4 members (excludes halogenated alkanes) is 2. The van der Waals surface area contributed by atoms with Crippen LogP contribution in [0.1, 0.15) is 45.4 Å². The van der Waals surface area contributed by atoms with E-state index in [9.17, 15) is 19.5 Å². The highest BCUT2D eigenvalue weighted by Crippen LogP contribution is 2.66. The molecule has 3 aliphatic rings. The first-order chi connectivity index (χ1) is 18.9. The van der Waals surface area contributed by atoms with Gasteiger partial charge in [0.1, 0.15) is 6.04 Å². The van der Waals surface area contributed by atoms with Gasteiger partial charge in [-0.15, -0.1) is 24.9 Å². The van der Waals surface area contributed by atoms with Crippen molar-refractivity contribution in [2.75, 3.05) is 37.7 Å². The Morgan fingerprint density at radius 1 is 1.18 bits per heavy atom. The molecule has 9 heteroatoms. The molecule has 0 radical (unpaired) electrons. The Bertz CT molecular complexity index is 1100. The summed E-state index contributed by atoms with van der Waals surface area (Å²) in [6.07, 6.45) is 7.81. The SMILES string of the molecule is C=CCN(CCC)C(=O)[C@@H]1[C@H]2C(=O)N(CCCCCO)C(C(=O)N(CC=C)c3ccccc3Cl)C23CC[C@H]1S3. The lowest BCUT2D eigenvalue weighted by Gasteiger charge is -2.37. The Morgan fingerprint density at radius 2 is 1.92 bits per heavy atom. The van der Waals surface area contributed by atoms with Gasteiger partial charge in [0.25, 0.3) is 5.91 Å². The number of fused-ring (bicyclic) bond motifs is 1. The lowest BCUT2D eigenvalue weighted by Crippen LogP contribution is -2.55. The second-order valence-corrected chi connectivity index (χ2v) is 12.6. The molecule has 2 unspecified atom stereocenters. The van der Waals surface area contributed by atoms with Gasteiger partial charge in [-0.05, 0) is 50.7 Å². The van der Waals surface area contributed by atoms with Crippen molar-refractivity contribution in [1.82, 2.24) is 9.80 Å². The van der Waals surface area contributed by atoms with Crippen molar-refractivity contribution in [1.29, 1.82) is 0 Å². The number of para-hydroxylation sites is 1. The number of carbonyl (C=O) groups excluding carboxylic acids is 3. The number of rotatable bonds is 14. The second-order valence-electron chi connectivity index (χ2n) is 10.6. The molecule has 4 rings (SSSR count). The van der Waals surface area contributed by atoms with Crippen LogP contribution >= 0.6 is 23.4 Å². The Balaban J connectivity index is 1.74. The van der Waals surface area contributed by atoms with Gasteiger partial charge in [0.15, 0.2) is 0 Å². The summed E-state index contributed by atoms with van der Waals surface area (Å²) < 4.78 is -0.664. The molecule has 3 heterocycles. The quantitative estimate of drug-likeness (QED) is 0.261. The third kappa shape index (κ3) is 5.40. The van der Waals surface area contributed by atoms with Crippen molar-refractivity contribution in [3.63, 3.8) is 0 Å². The van der Waals surface area contributed by atoms with Crippen molar-refractivity contribution in [3.8, 4) is 0 Å². The number of anilines is 1. The predicted octanol–water partition coefficient (Wildman–Crippen LogP) is 4.54. The first kappa shape index (κ1) is 29.7. The van der Waals surface area contributed by atoms with E-state index in [-0.39, 0.29) is 36.1 Å². The summed E-state index contributed by atoms with van der Waals surface area (Å²) >= 11 is 8.22. The molecule has 3 saturated heterocycles. The molecule has 0 aromatic heterocycles. The highest BCUT2D eigenvalue weighted by molar-refractivity contribution is 8.02. The summed E-state index contributed by atoms with van der Waals surface area (Å²) in [5.74, 6) is -1.27. The van der Waals surface area contributed by atoms with Crippen LogP contribution in [-0.4, -0.2) is 81.5 Å². The zero-order valence-corrected chi connectivity index (χ0v) is 24.3. The molecule has 3 amide bonds. The molecule has 3 aliphatic heterocycles. The fraction of sp³-hybridized carbons (Fsp3) is 0.567. The molecule has 39 heavy (non-hydrogen) atoms. The average Bonchev–Trinajstić information content (AvgIpc) is 3.57. The van der Waals surface area contributed by atoms with E-state index in [1.54, 1.807) is 39.8 Å². The number of hydrogen-bond donors (Lipinski definition) is 1. The van der Waals surface area contributed by atoms with Crippen LogP contribution in [0.4, 0.5) is 5.69 Å². The monoisotopic (exact) mass is 573 g/mol. The van der Waals surface area contributed by atoms with E-state index in [2.05, 4.69) is 13.2 Å². The van der Waals surface area contributed by atoms with Crippen LogP contribution in [0.5, 0.6) is 0 Å². The normalized spacial score (nSPS) is 26.9. The van der Waals surface area contributed by atoms with Gasteiger partial charge in [-0.25, -0.2) is 0 Å². The number of aliphatic hydroxyl groups excluding tert-OH is 1. The zero-order chi connectivity index (χ0) is 28.2. The van der Waals surface area contributed by atoms with Crippen molar-refractivity contribution in [2.24, 2.45) is 11.8 Å². The molecule has 0 saturated carbocycles. The summed E-state index contributed by atoms with van der Waals surface area (Å²) in [5.41, 5.74) is 0.585. The summed E-state index contributed by atoms with van der Waals surface area (Å²) in [4.78, 5) is 47.9. The standard InChI is InChI=1S/C30H40ClN3O4S/c1-4-16-32(17-5-2)27(36)24-23-14-15-30(39-23)25(24)28(37)34(19-10-7-11-20-35)26(30)29(38)33(18-6-3)22-13-9-8-12-21(22)31/h4,6,8-9,12-13,23-26,35H,1,3,5,7,10-11,14-20H2,2H3/t23-,24+,25+,26?,30?/m1/s1. The van der Waals surface area contributed by atoms with Crippen LogP contribution < -0.4 is 4.90 Å². The van der Waals surface area contributed by atoms with Gasteiger partial charge in [0.05, 0.1) is 27.3 Å². The van der Waals surface area contributed by atoms with E-state index >= 15 is 0 Å². The van der Waals surface area contributed by atoms with Crippen LogP contribution in [0.25, 0.3) is 0 Å². The number of benzene rings is 1. The molecule has 212 valence electrons. The number of nitrogens with zero attached hydrogens (tertiary/aromatic N) is 3. The van der Waals surface area contributed by atoms with E-state index in [1.165, 1.54) is 0 Å². The second kappa shape index (κ2) is 12.9. The van der Waals surface area contributed by atoms with E-state index in [1.807, 2.05) is 30.0 Å². The summed E-state index contributed by atoms with van der Waals surface area (Å²) in [5, 5.41) is 9.73. The maximum Gasteiger partial charge on any atom is 0.251 e. The van der Waals surface area contributed by atoms with Gasteiger partial charge in [-0.3, -0.25) is 14.4 Å². The number of amides is 3. The van der Waals surface area contributed by atoms with Gasteiger partial charge in [0.2, 0.25) is 11.8 Å². The van der Waals surface area contributed by atoms with Gasteiger partial charge < -0.3 is 19.8 Å². The number of likely N-dealkylation sites (tertiary alicyclic amines) is 1. The first-order valence-corrected chi connectivity index (χ1v) is 15.3. The Labute approximate surface area is 241 Å². The molecule has 1 aromatic rings. The van der Waals surface area contributed by atoms with Crippen LogP contribution in [0.3, 0.4) is 0 Å². The van der Waals surface area contributed by atoms with Crippen molar-refractivity contribution in [2.45, 2.75) is 61.5 Å². The van der Waals surface area contributed by atoms with Crippen LogP contribution in [0, 0.1) is 11.8 Å². The Morgan fingerprint density at radius 3 is 2.59 bits per heavy atom. The fourth-order valence-corrected chi connectivity index (χ4v) is 9.15. The summed E-state index contributed by atoms with van der Waals surface area (Å²) in [6.45, 7) is 11.5. The summed E-state index contributed by atoms with van der Waals surface area (Å²) in [6, 6.07) is 6.52. The van der Waals surface area contributed by atoms with Gasteiger partial charge >= 0.3 is 0 Å². The van der Waals surface area contributed by atoms with Crippen LogP contribution in [-0.2, 0) is 14.4 Å². The lowest BCUT2D eigenvalue weighted by atomic mass is 9.70. The largest absolute Gasteiger partial charge is 0.396 e. The maximum atomic E-state index is 14.5. The average molecular weight is 574 g/mol. The molecule has 0 aliphatic carbocycles. The molecule has 1 aromatic carbocycles. The van der Waals surface area contributed by atoms with Crippen LogP contribution in [0.15, 0.2) is 49.6 Å². The minimum Gasteiger partial charge on any atom is -0.396 e. The molecule has 3 fully saturated rings. The number of carbonyl (C=O) groups is 3. The van der Waals surface area contributed by atoms with E-state index in [0.29, 0.717) is 49.6 Å². The first-order valence-electron chi connectivity index (χ1n) is 14.0. The molecular weight excluding hydrogens is 534 g/mol. The van der Waals surface area contributed by atoms with Crippen molar-refractivity contribution in [3.05, 3.63) is 54.6 Å². The number of hydrogen-bond acceptors (Lipinski definition) is 5. The third-order valence-electron chi connectivity index (χ3n) is 8.25. The van der Waals surface area contributed by atoms with E-state index in [4.69, 9.17) is 11.6 Å². The third-order valence-corrected chi connectivity index (χ3v) is 10.5. The molecule has 1 spiro atoms. The highest BCUT2D eigenvalue weighted by atomic mass is 35.5. The Hall–Kier alpha value is -2.29. The van der Waals surface area contributed by atoms with E-state index in [0.717, 1.165) is 19.3 Å². The van der Waals surface area contributed by atoms with Crippen molar-refractivity contribution >= 4 is 46.8 Å². The topological polar surface area (TPSA) is 81.2 Å². The van der Waals surface area contributed by atoms with Crippen LogP contribution in [0.2, 0.25) is 5.02 Å². The Kier molecular flexibility index (Phi) is 9.83. The predicted molar refractivity (Wildman–Crippen MR) is 158 cm³/mol. The maximum absolute atomic E-state index is 14.5. The van der Waals surface area contributed by atoms with Gasteiger partial charge in [-0.1, -0.05) is 42.8 Å². The molecule has 2 bridgehead atoms. The number of thioether (sulfide) groups is 1. The van der Waals surface area contributed by atoms with Crippen molar-refractivity contribution < 1.29 is 19.5 Å². The molecule has 7 nitrogen and oxygen atoms in total. The smallest absolute Gasteiger partial charge is 0.251 e. The minimum atomic E-state index is -0.702. The minimum absolute atomic E-state index is 0.00319. The number of aliphatic hydroxyl groups is 1. The molecular formula is C30H40ClN3O4S.